The van der Waals surface area contributed by atoms with E-state index in [1.807, 2.05) is 0 Å². The first kappa shape index (κ1) is 14.9. The lowest BCUT2D eigenvalue weighted by Crippen LogP contribution is -2.42. The molecule has 18 heavy (non-hydrogen) atoms. The predicted octanol–water partition coefficient (Wildman–Crippen LogP) is 0.835. The van der Waals surface area contributed by atoms with Crippen LogP contribution in [0, 0.1) is 5.82 Å². The second kappa shape index (κ2) is 6.67. The SMILES string of the molecule is CCNS(=O)(=O)N(CCCN)c1ccccc1F. The molecule has 3 N–H and O–H groups in total. The van der Waals surface area contributed by atoms with Gasteiger partial charge < -0.3 is 5.73 Å². The lowest BCUT2D eigenvalue weighted by molar-refractivity contribution is 0.572. The average molecular weight is 275 g/mol. The smallest absolute Gasteiger partial charge is 0.301 e. The zero-order chi connectivity index (χ0) is 13.6. The second-order valence-electron chi connectivity index (χ2n) is 3.67. The molecule has 0 aliphatic carbocycles. The molecule has 0 saturated carbocycles. The number of hydrogen-bond acceptors (Lipinski definition) is 3. The topological polar surface area (TPSA) is 75.4 Å². The van der Waals surface area contributed by atoms with Gasteiger partial charge in [-0.3, -0.25) is 4.31 Å². The molecule has 0 unspecified atom stereocenters. The quantitative estimate of drug-likeness (QED) is 0.774. The van der Waals surface area contributed by atoms with E-state index in [2.05, 4.69) is 4.72 Å². The lowest BCUT2D eigenvalue weighted by Gasteiger charge is -2.24. The van der Waals surface area contributed by atoms with Crippen LogP contribution >= 0.6 is 0 Å². The van der Waals surface area contributed by atoms with Crippen LogP contribution < -0.4 is 14.8 Å². The second-order valence-corrected chi connectivity index (χ2v) is 5.35. The molecule has 0 aliphatic rings. The first-order chi connectivity index (χ1) is 8.53. The molecule has 0 heterocycles. The van der Waals surface area contributed by atoms with Crippen LogP contribution in [0.25, 0.3) is 0 Å². The number of benzene rings is 1. The molecule has 1 rings (SSSR count). The summed E-state index contributed by atoms with van der Waals surface area (Å²) in [6.45, 7) is 2.40. The van der Waals surface area contributed by atoms with Gasteiger partial charge in [0.25, 0.3) is 0 Å². The standard InChI is InChI=1S/C11H18FN3O2S/c1-2-14-18(16,17)15(9-5-8-13)11-7-4-3-6-10(11)12/h3-4,6-7,14H,2,5,8-9,13H2,1H3. The Hall–Kier alpha value is -1.18. The van der Waals surface area contributed by atoms with E-state index in [-0.39, 0.29) is 18.8 Å². The van der Waals surface area contributed by atoms with E-state index in [9.17, 15) is 12.8 Å². The highest BCUT2D eigenvalue weighted by molar-refractivity contribution is 7.90. The number of nitrogens with one attached hydrogen (secondary N) is 1. The Labute approximate surface area is 107 Å². The van der Waals surface area contributed by atoms with E-state index in [0.717, 1.165) is 4.31 Å². The number of nitrogens with zero attached hydrogens (tertiary/aromatic N) is 1. The minimum Gasteiger partial charge on any atom is -0.330 e. The van der Waals surface area contributed by atoms with Crippen molar-refractivity contribution in [3.63, 3.8) is 0 Å². The number of para-hydroxylation sites is 1. The first-order valence-electron chi connectivity index (χ1n) is 5.75. The minimum absolute atomic E-state index is 0.0342. The molecule has 0 bridgehead atoms. The normalized spacial score (nSPS) is 11.5. The largest absolute Gasteiger partial charge is 0.330 e. The summed E-state index contributed by atoms with van der Waals surface area (Å²) in [6.07, 6.45) is 0.457. The Bertz CT molecular complexity index is 479. The van der Waals surface area contributed by atoms with Crippen molar-refractivity contribution in [2.45, 2.75) is 13.3 Å². The van der Waals surface area contributed by atoms with E-state index >= 15 is 0 Å². The van der Waals surface area contributed by atoms with Gasteiger partial charge in [-0.2, -0.15) is 13.1 Å². The summed E-state index contributed by atoms with van der Waals surface area (Å²) < 4.78 is 41.0. The van der Waals surface area contributed by atoms with E-state index in [4.69, 9.17) is 5.73 Å². The number of halogens is 1. The van der Waals surface area contributed by atoms with Gasteiger partial charge in [-0.25, -0.2) is 4.39 Å². The fourth-order valence-corrected chi connectivity index (χ4v) is 2.82. The van der Waals surface area contributed by atoms with Crippen molar-refractivity contribution >= 4 is 15.9 Å². The highest BCUT2D eigenvalue weighted by Gasteiger charge is 2.23. The van der Waals surface area contributed by atoms with E-state index in [0.29, 0.717) is 13.0 Å². The molecule has 0 saturated heterocycles. The molecule has 5 nitrogen and oxygen atoms in total. The van der Waals surface area contributed by atoms with Crippen LogP contribution in [0.2, 0.25) is 0 Å². The molecule has 0 fully saturated rings. The molecule has 0 spiro atoms. The van der Waals surface area contributed by atoms with Gasteiger partial charge in [0.2, 0.25) is 0 Å². The van der Waals surface area contributed by atoms with Crippen molar-refractivity contribution in [1.82, 2.24) is 4.72 Å². The van der Waals surface area contributed by atoms with Crippen molar-refractivity contribution in [3.8, 4) is 0 Å². The molecular weight excluding hydrogens is 257 g/mol. The van der Waals surface area contributed by atoms with Crippen molar-refractivity contribution in [1.29, 1.82) is 0 Å². The summed E-state index contributed by atoms with van der Waals surface area (Å²) >= 11 is 0. The molecule has 1 aromatic carbocycles. The fraction of sp³-hybridized carbons (Fsp3) is 0.455. The zero-order valence-electron chi connectivity index (χ0n) is 10.3. The van der Waals surface area contributed by atoms with Crippen molar-refractivity contribution in [3.05, 3.63) is 30.1 Å². The highest BCUT2D eigenvalue weighted by Crippen LogP contribution is 2.21. The van der Waals surface area contributed by atoms with Gasteiger partial charge in [-0.05, 0) is 25.1 Å². The van der Waals surface area contributed by atoms with Crippen molar-refractivity contribution < 1.29 is 12.8 Å². The van der Waals surface area contributed by atoms with Crippen LogP contribution in [-0.4, -0.2) is 28.1 Å². The highest BCUT2D eigenvalue weighted by atomic mass is 32.2. The molecule has 0 radical (unpaired) electrons. The maximum atomic E-state index is 13.7. The Kier molecular flexibility index (Phi) is 5.52. The summed E-state index contributed by atoms with van der Waals surface area (Å²) in [6, 6.07) is 5.77. The maximum Gasteiger partial charge on any atom is 0.301 e. The van der Waals surface area contributed by atoms with E-state index in [1.165, 1.54) is 18.2 Å². The average Bonchev–Trinajstić information content (AvgIpc) is 2.31. The monoisotopic (exact) mass is 275 g/mol. The summed E-state index contributed by atoms with van der Waals surface area (Å²) in [5, 5.41) is 0. The van der Waals surface area contributed by atoms with Crippen molar-refractivity contribution in [2.24, 2.45) is 5.73 Å². The van der Waals surface area contributed by atoms with Crippen molar-refractivity contribution in [2.75, 3.05) is 23.9 Å². The Balaban J connectivity index is 3.10. The Morgan fingerprint density at radius 1 is 1.39 bits per heavy atom. The number of rotatable bonds is 7. The van der Waals surface area contributed by atoms with Gasteiger partial charge in [0.05, 0.1) is 5.69 Å². The minimum atomic E-state index is -3.73. The third-order valence-electron chi connectivity index (χ3n) is 2.30. The van der Waals surface area contributed by atoms with Gasteiger partial charge in [0.15, 0.2) is 0 Å². The van der Waals surface area contributed by atoms with Crippen LogP contribution in [0.1, 0.15) is 13.3 Å². The summed E-state index contributed by atoms with van der Waals surface area (Å²) in [5.41, 5.74) is 5.41. The predicted molar refractivity (Wildman–Crippen MR) is 70.0 cm³/mol. The number of hydrogen-bond donors (Lipinski definition) is 2. The van der Waals surface area contributed by atoms with Gasteiger partial charge in [-0.15, -0.1) is 0 Å². The van der Waals surface area contributed by atoms with Gasteiger partial charge in [0.1, 0.15) is 5.82 Å². The molecule has 0 amide bonds. The molecule has 0 atom stereocenters. The van der Waals surface area contributed by atoms with Crippen LogP contribution in [0.4, 0.5) is 10.1 Å². The summed E-state index contributed by atoms with van der Waals surface area (Å²) in [7, 11) is -3.73. The zero-order valence-corrected chi connectivity index (χ0v) is 11.1. The molecule has 102 valence electrons. The number of anilines is 1. The van der Waals surface area contributed by atoms with Crippen LogP contribution in [0.5, 0.6) is 0 Å². The molecule has 7 heteroatoms. The third-order valence-corrected chi connectivity index (χ3v) is 3.92. The van der Waals surface area contributed by atoms with Crippen LogP contribution in [0.3, 0.4) is 0 Å². The molecule has 1 aromatic rings. The molecular formula is C11H18FN3O2S. The Morgan fingerprint density at radius 2 is 2.06 bits per heavy atom. The van der Waals surface area contributed by atoms with E-state index < -0.39 is 16.0 Å². The number of nitrogens with two attached hydrogens (primary N) is 1. The first-order valence-corrected chi connectivity index (χ1v) is 7.19. The molecule has 0 aliphatic heterocycles. The summed E-state index contributed by atoms with van der Waals surface area (Å²) in [5.74, 6) is -0.573. The molecule has 0 aromatic heterocycles. The van der Waals surface area contributed by atoms with E-state index in [1.54, 1.807) is 13.0 Å². The lowest BCUT2D eigenvalue weighted by atomic mass is 10.3. The van der Waals surface area contributed by atoms with Crippen LogP contribution in [0.15, 0.2) is 24.3 Å². The van der Waals surface area contributed by atoms with Crippen LogP contribution in [-0.2, 0) is 10.2 Å². The fourth-order valence-electron chi connectivity index (χ4n) is 1.52. The van der Waals surface area contributed by atoms with Gasteiger partial charge in [0, 0.05) is 13.1 Å². The third kappa shape index (κ3) is 3.66. The summed E-state index contributed by atoms with van der Waals surface area (Å²) in [4.78, 5) is 0. The Morgan fingerprint density at radius 3 is 2.61 bits per heavy atom. The van der Waals surface area contributed by atoms with Gasteiger partial charge in [-0.1, -0.05) is 19.1 Å². The van der Waals surface area contributed by atoms with Gasteiger partial charge >= 0.3 is 10.2 Å². The maximum absolute atomic E-state index is 13.7.